The predicted octanol–water partition coefficient (Wildman–Crippen LogP) is -8.24. The van der Waals surface area contributed by atoms with E-state index in [0.29, 0.717) is 31.2 Å². The SMILES string of the molecule is CC[C@H](C)[C@@H]1NC(=O)[C@H](Cc2ccc(O)cc2)NC(=O)[C@@H](N)CSSC[C@@H](C(=O)N2CCC[C@H]2C(=O)N[C@@H](CC(C)C)C(=O)NCC(N)=O)NC(=O)[C@H](CC(N)=O)NC(=O)[C@H](CC(N)=O)NC1=O.CO[C@H]1[C@@H](O)[C@H](N)[C@@H](O[C@H]2O[C@H]([C@H](C)N)CC[C@H]2N)[C@H](O)[C@@H]1N(C)C(=O)CN.O=S(=O)(O)O. The van der Waals surface area contributed by atoms with Crippen LogP contribution in [-0.2, 0) is 88.6 Å². The molecule has 1 saturated carbocycles. The molecule has 0 aromatic heterocycles. The van der Waals surface area contributed by atoms with Crippen molar-refractivity contribution in [3.63, 3.8) is 0 Å². The van der Waals surface area contributed by atoms with E-state index in [9.17, 15) is 72.9 Å². The Morgan fingerprint density at radius 1 is 0.772 bits per heavy atom. The fraction of sp³-hybridized carbons (Fsp3) is 0.695. The van der Waals surface area contributed by atoms with Gasteiger partial charge in [-0.05, 0) is 68.6 Å². The van der Waals surface area contributed by atoms with Gasteiger partial charge in [0.05, 0.1) is 62.3 Å². The number of carbonyl (C=O) groups excluding carboxylic acids is 12. The van der Waals surface area contributed by atoms with Crippen LogP contribution in [0.25, 0.3) is 0 Å². The molecule has 5 rings (SSSR count). The highest BCUT2D eigenvalue weighted by molar-refractivity contribution is 8.76. The molecule has 0 unspecified atom stereocenters. The molecule has 572 valence electrons. The average molecular weight is 1500 g/mol. The monoisotopic (exact) mass is 1500 g/mol. The Bertz CT molecular complexity index is 3100. The Labute approximate surface area is 592 Å². The molecule has 3 saturated heterocycles. The summed E-state index contributed by atoms with van der Waals surface area (Å²) in [6, 6.07) is -7.93. The molecular formula is C59H101N17O22S3. The minimum atomic E-state index is -4.67. The molecule has 12 amide bonds. The van der Waals surface area contributed by atoms with Crippen LogP contribution < -0.4 is 83.1 Å². The first-order valence-electron chi connectivity index (χ1n) is 32.3. The van der Waals surface area contributed by atoms with Crippen molar-refractivity contribution in [3.8, 4) is 5.75 Å². The second kappa shape index (κ2) is 41.8. The molecule has 101 heavy (non-hydrogen) atoms. The Hall–Kier alpha value is -7.17. The van der Waals surface area contributed by atoms with E-state index in [1.54, 1.807) is 13.8 Å². The van der Waals surface area contributed by atoms with Gasteiger partial charge in [-0.3, -0.25) is 66.6 Å². The number of carbonyl (C=O) groups is 12. The number of methoxy groups -OCH3 is 1. The van der Waals surface area contributed by atoms with Gasteiger partial charge >= 0.3 is 10.4 Å². The zero-order valence-corrected chi connectivity index (χ0v) is 59.6. The molecule has 0 spiro atoms. The molecule has 19 atom stereocenters. The molecule has 1 aliphatic carbocycles. The molecule has 4 aliphatic rings. The third kappa shape index (κ3) is 28.5. The number of phenols is 1. The molecule has 4 fully saturated rings. The number of nitrogens with one attached hydrogen (secondary N) is 7. The van der Waals surface area contributed by atoms with Crippen LogP contribution in [0.15, 0.2) is 24.3 Å². The number of phenolic OH excluding ortho intramolecular Hbond substituents is 1. The van der Waals surface area contributed by atoms with Crippen molar-refractivity contribution >= 4 is 103 Å². The highest BCUT2D eigenvalue weighted by Gasteiger charge is 2.53. The van der Waals surface area contributed by atoms with Crippen LogP contribution in [0.5, 0.6) is 5.75 Å². The molecule has 42 heteroatoms. The van der Waals surface area contributed by atoms with Gasteiger partial charge in [-0.15, -0.1) is 0 Å². The van der Waals surface area contributed by atoms with Crippen molar-refractivity contribution in [2.24, 2.45) is 57.7 Å². The number of likely N-dealkylation sites (N-methyl/N-ethyl adjacent to an activating group) is 1. The maximum absolute atomic E-state index is 14.5. The summed E-state index contributed by atoms with van der Waals surface area (Å²) in [4.78, 5) is 161. The zero-order chi connectivity index (χ0) is 76.5. The number of benzene rings is 1. The second-order valence-corrected chi connectivity index (χ2v) is 28.7. The number of rotatable bonds is 22. The first-order valence-corrected chi connectivity index (χ1v) is 36.2. The van der Waals surface area contributed by atoms with E-state index in [0.717, 1.165) is 21.6 Å². The summed E-state index contributed by atoms with van der Waals surface area (Å²) in [6.45, 7) is 8.12. The van der Waals surface area contributed by atoms with Crippen LogP contribution in [0.2, 0.25) is 0 Å². The number of hydrogen-bond donors (Lipinski definition) is 20. The lowest BCUT2D eigenvalue weighted by Gasteiger charge is -2.50. The molecule has 1 aromatic carbocycles. The van der Waals surface area contributed by atoms with Crippen molar-refractivity contribution in [3.05, 3.63) is 29.8 Å². The van der Waals surface area contributed by atoms with Crippen LogP contribution in [0.3, 0.4) is 0 Å². The first-order chi connectivity index (χ1) is 47.1. The van der Waals surface area contributed by atoms with E-state index in [2.05, 4.69) is 37.2 Å². The summed E-state index contributed by atoms with van der Waals surface area (Å²) in [5.74, 6) is -11.3. The third-order valence-corrected chi connectivity index (χ3v) is 19.2. The van der Waals surface area contributed by atoms with E-state index in [1.165, 1.54) is 48.2 Å². The molecule has 1 aromatic rings. The van der Waals surface area contributed by atoms with Crippen LogP contribution in [0.1, 0.15) is 91.5 Å². The summed E-state index contributed by atoms with van der Waals surface area (Å²) in [5, 5.41) is 49.0. The van der Waals surface area contributed by atoms with Crippen molar-refractivity contribution in [2.45, 2.75) is 202 Å². The van der Waals surface area contributed by atoms with Gasteiger partial charge in [-0.1, -0.05) is 67.8 Å². The molecule has 3 heterocycles. The fourth-order valence-electron chi connectivity index (χ4n) is 11.1. The van der Waals surface area contributed by atoms with E-state index < -0.39 is 204 Å². The smallest absolute Gasteiger partial charge is 0.394 e. The molecule has 28 N–H and O–H groups in total. The van der Waals surface area contributed by atoms with Gasteiger partial charge in [0.25, 0.3) is 0 Å². The van der Waals surface area contributed by atoms with Crippen LogP contribution in [-0.4, -0.2) is 268 Å². The zero-order valence-electron chi connectivity index (χ0n) is 57.2. The average Bonchev–Trinajstić information content (AvgIpc) is 1.63. The summed E-state index contributed by atoms with van der Waals surface area (Å²) in [7, 11) is 0.209. The number of amides is 12. The third-order valence-electron chi connectivity index (χ3n) is 16.8. The topological polar surface area (TPSA) is 667 Å². The van der Waals surface area contributed by atoms with Gasteiger partial charge in [0.15, 0.2) is 6.29 Å². The normalized spacial score (nSPS) is 28.9. The number of ether oxygens (including phenoxy) is 3. The quantitative estimate of drug-likeness (QED) is 0.0379. The number of aliphatic hydroxyl groups is 2. The summed E-state index contributed by atoms with van der Waals surface area (Å²) in [5.41, 5.74) is 46.6. The van der Waals surface area contributed by atoms with E-state index in [1.807, 2.05) is 20.8 Å². The van der Waals surface area contributed by atoms with Gasteiger partial charge in [0.1, 0.15) is 66.4 Å². The highest BCUT2D eigenvalue weighted by atomic mass is 33.1. The molecule has 0 bridgehead atoms. The van der Waals surface area contributed by atoms with E-state index >= 15 is 0 Å². The van der Waals surface area contributed by atoms with Gasteiger partial charge in [0, 0.05) is 44.7 Å². The van der Waals surface area contributed by atoms with Crippen molar-refractivity contribution in [2.75, 3.05) is 45.3 Å². The van der Waals surface area contributed by atoms with E-state index in [4.69, 9.17) is 77.6 Å². The molecule has 0 radical (unpaired) electrons. The minimum absolute atomic E-state index is 0.0430. The summed E-state index contributed by atoms with van der Waals surface area (Å²) < 4.78 is 48.7. The predicted molar refractivity (Wildman–Crippen MR) is 365 cm³/mol. The lowest BCUT2D eigenvalue weighted by molar-refractivity contribution is -0.267. The van der Waals surface area contributed by atoms with Crippen molar-refractivity contribution in [1.29, 1.82) is 0 Å². The van der Waals surface area contributed by atoms with Gasteiger partial charge in [-0.25, -0.2) is 0 Å². The number of nitrogens with two attached hydrogens (primary N) is 8. The van der Waals surface area contributed by atoms with Crippen LogP contribution >= 0.6 is 21.6 Å². The summed E-state index contributed by atoms with van der Waals surface area (Å²) in [6.07, 6.45) is -4.91. The fourth-order valence-corrected chi connectivity index (χ4v) is 13.4. The Kier molecular flexibility index (Phi) is 36.4. The number of aromatic hydroxyl groups is 1. The maximum atomic E-state index is 14.5. The van der Waals surface area contributed by atoms with Gasteiger partial charge < -0.3 is 122 Å². The Morgan fingerprint density at radius 3 is 1.86 bits per heavy atom. The Balaban J connectivity index is 0.000000659. The lowest BCUT2D eigenvalue weighted by Crippen LogP contribution is -2.72. The number of nitrogens with zero attached hydrogens (tertiary/aromatic N) is 2. The van der Waals surface area contributed by atoms with Crippen molar-refractivity contribution < 1.29 is 105 Å². The van der Waals surface area contributed by atoms with Gasteiger partial charge in [-0.2, -0.15) is 8.42 Å². The van der Waals surface area contributed by atoms with Crippen LogP contribution in [0.4, 0.5) is 0 Å². The first kappa shape index (κ1) is 88.0. The molecule has 3 aliphatic heterocycles. The van der Waals surface area contributed by atoms with Gasteiger partial charge in [0.2, 0.25) is 70.9 Å². The number of hydrogen-bond acceptors (Lipinski definition) is 27. The highest BCUT2D eigenvalue weighted by Crippen LogP contribution is 2.32. The standard InChI is InChI=1S/C42H64N12O12S2.C17H35N5O6.H2O4S/c1-5-21(4)34-41(65)51-28(16-32(45)57)37(61)49-27(15-31(44)56)38(62)52-29(19-68-67-18-24(43)35(59)48-26(39(63)53-34)14-22-8-10-23(55)11-9-22)42(66)54-12-6-7-30(54)40(64)50-25(13-20(2)3)36(60)47-17-33(46)58;1-7(19)9-5-4-8(20)17(27-9)28-15-11(21)13(24)16(26-3)12(14(15)25)22(2)10(23)6-18;1-5(2,3)4/h8-11,20-21,24-30,34,55H,5-7,12-19,43H2,1-4H3,(H2,44,56)(H2,45,57)(H2,46,58)(H,47,60)(H,48,59)(H,49,61)(H,50,64)(H,51,65)(H,52,62)(H,53,63);7-9,11-17,24-25H,4-6,18-21H2,1-3H3;(H2,1,2,3,4)/t21-,24-,25-,26-,27-,28-,29-,30-,34-;7-,8+,9-,11-,12-,13-,14+,15+,16+,17+;/m00./s1. The second-order valence-electron chi connectivity index (χ2n) is 25.2. The largest absolute Gasteiger partial charge is 0.508 e. The minimum Gasteiger partial charge on any atom is -0.508 e. The van der Waals surface area contributed by atoms with E-state index in [-0.39, 0.29) is 67.7 Å². The number of likely N-dealkylation sites (tertiary alicyclic amines) is 1. The maximum Gasteiger partial charge on any atom is 0.394 e. The van der Waals surface area contributed by atoms with Crippen molar-refractivity contribution in [1.82, 2.24) is 47.0 Å². The van der Waals surface area contributed by atoms with Crippen LogP contribution in [0, 0.1) is 11.8 Å². The number of primary amides is 3. The lowest BCUT2D eigenvalue weighted by atomic mass is 9.80. The molecular weight excluding hydrogens is 1390 g/mol. The Morgan fingerprint density at radius 2 is 1.33 bits per heavy atom. The summed E-state index contributed by atoms with van der Waals surface area (Å²) >= 11 is 0. The molecule has 39 nitrogen and oxygen atoms in total. The number of aliphatic hydroxyl groups excluding tert-OH is 2.